The van der Waals surface area contributed by atoms with E-state index in [9.17, 15) is 0 Å². The molecular weight excluding hydrogens is 306 g/mol. The molecule has 3 N–H and O–H groups in total. The molecule has 0 atom stereocenters. The van der Waals surface area contributed by atoms with Crippen LogP contribution in [0.4, 0.5) is 0 Å². The number of benzene rings is 1. The topological polar surface area (TPSA) is 68.9 Å². The van der Waals surface area contributed by atoms with Gasteiger partial charge >= 0.3 is 0 Å². The maximum Gasteiger partial charge on any atom is 0.184 e. The van der Waals surface area contributed by atoms with Gasteiger partial charge in [-0.05, 0) is 34.2 Å². The number of halogens is 1. The van der Waals surface area contributed by atoms with Crippen LogP contribution in [-0.2, 0) is 0 Å². The zero-order chi connectivity index (χ0) is 12.8. The number of nitrogens with one attached hydrogen (secondary N) is 1. The van der Waals surface area contributed by atoms with Crippen LogP contribution in [0.3, 0.4) is 0 Å². The van der Waals surface area contributed by atoms with Crippen molar-refractivity contribution < 1.29 is 9.47 Å². The van der Waals surface area contributed by atoms with E-state index in [1.54, 1.807) is 26.5 Å². The quantitative estimate of drug-likeness (QED) is 0.502. The van der Waals surface area contributed by atoms with Crippen molar-refractivity contribution in [2.24, 2.45) is 10.8 Å². The Morgan fingerprint density at radius 2 is 2.06 bits per heavy atom. The van der Waals surface area contributed by atoms with E-state index >= 15 is 0 Å². The summed E-state index contributed by atoms with van der Waals surface area (Å²) >= 11 is 8.01. The molecule has 0 aliphatic heterocycles. The molecule has 7 heteroatoms. The monoisotopic (exact) mass is 317 g/mol. The molecule has 0 unspecified atom stereocenters. The van der Waals surface area contributed by atoms with Gasteiger partial charge in [-0.2, -0.15) is 5.10 Å². The molecule has 1 rings (SSSR count). The van der Waals surface area contributed by atoms with Crippen molar-refractivity contribution >= 4 is 39.5 Å². The minimum absolute atomic E-state index is 0.104. The molecule has 5 nitrogen and oxygen atoms in total. The van der Waals surface area contributed by atoms with Gasteiger partial charge in [0.1, 0.15) is 11.5 Å². The number of hydrogen-bond acceptors (Lipinski definition) is 4. The molecule has 0 saturated carbocycles. The summed E-state index contributed by atoms with van der Waals surface area (Å²) in [5, 5.41) is 3.97. The second-order valence-electron chi connectivity index (χ2n) is 2.96. The Bertz CT molecular complexity index is 451. The highest BCUT2D eigenvalue weighted by atomic mass is 79.9. The van der Waals surface area contributed by atoms with Gasteiger partial charge in [-0.25, -0.2) is 0 Å². The first-order valence-corrected chi connectivity index (χ1v) is 5.78. The Labute approximate surface area is 113 Å². The lowest BCUT2D eigenvalue weighted by molar-refractivity contribution is 0.392. The maximum absolute atomic E-state index is 5.25. The number of ether oxygens (including phenoxy) is 2. The molecule has 0 aromatic heterocycles. The second-order valence-corrected chi connectivity index (χ2v) is 4.26. The smallest absolute Gasteiger partial charge is 0.184 e. The first kappa shape index (κ1) is 13.7. The molecule has 1 aromatic carbocycles. The van der Waals surface area contributed by atoms with Crippen molar-refractivity contribution in [3.8, 4) is 11.5 Å². The van der Waals surface area contributed by atoms with E-state index < -0.39 is 0 Å². The van der Waals surface area contributed by atoms with Crippen LogP contribution in [-0.4, -0.2) is 25.5 Å². The summed E-state index contributed by atoms with van der Waals surface area (Å²) in [6, 6.07) is 3.58. The second kappa shape index (κ2) is 6.41. The van der Waals surface area contributed by atoms with Crippen LogP contribution in [0.15, 0.2) is 21.7 Å². The Balaban J connectivity index is 3.02. The van der Waals surface area contributed by atoms with E-state index in [4.69, 9.17) is 15.2 Å². The van der Waals surface area contributed by atoms with Gasteiger partial charge in [-0.1, -0.05) is 0 Å². The first-order valence-electron chi connectivity index (χ1n) is 4.58. The number of rotatable bonds is 4. The van der Waals surface area contributed by atoms with E-state index in [1.165, 1.54) is 0 Å². The van der Waals surface area contributed by atoms with Crippen molar-refractivity contribution in [3.63, 3.8) is 0 Å². The van der Waals surface area contributed by atoms with Crippen molar-refractivity contribution in [2.75, 3.05) is 14.2 Å². The highest BCUT2D eigenvalue weighted by Gasteiger charge is 2.07. The number of hydrogen-bond donors (Lipinski definition) is 2. The Morgan fingerprint density at radius 3 is 2.59 bits per heavy atom. The fraction of sp³-hybridized carbons (Fsp3) is 0.200. The van der Waals surface area contributed by atoms with Gasteiger partial charge in [0.2, 0.25) is 0 Å². The zero-order valence-corrected chi connectivity index (χ0v) is 11.8. The van der Waals surface area contributed by atoms with Gasteiger partial charge in [-0.15, -0.1) is 0 Å². The standard InChI is InChI=1S/C10H12BrN3O2S/c1-15-8-4-9(16-2)7(11)3-6(8)5-13-14-10(12)17/h3-5H,1-2H3,(H3,12,14,17). The number of nitrogens with two attached hydrogens (primary N) is 1. The van der Waals surface area contributed by atoms with Crippen LogP contribution >= 0.6 is 28.1 Å². The van der Waals surface area contributed by atoms with Crippen molar-refractivity contribution in [1.29, 1.82) is 0 Å². The number of methoxy groups -OCH3 is 2. The molecular formula is C10H12BrN3O2S. The van der Waals surface area contributed by atoms with Crippen LogP contribution in [0.5, 0.6) is 11.5 Å². The zero-order valence-electron chi connectivity index (χ0n) is 9.36. The third-order valence-corrected chi connectivity index (χ3v) is 2.59. The molecule has 1 aromatic rings. The Morgan fingerprint density at radius 1 is 1.41 bits per heavy atom. The molecule has 0 spiro atoms. The molecule has 0 radical (unpaired) electrons. The Hall–Kier alpha value is -1.34. The summed E-state index contributed by atoms with van der Waals surface area (Å²) in [6.45, 7) is 0. The highest BCUT2D eigenvalue weighted by Crippen LogP contribution is 2.31. The minimum atomic E-state index is 0.104. The third-order valence-electron chi connectivity index (χ3n) is 1.88. The molecule has 0 fully saturated rings. The van der Waals surface area contributed by atoms with Gasteiger partial charge in [0.15, 0.2) is 5.11 Å². The van der Waals surface area contributed by atoms with E-state index in [2.05, 4.69) is 38.7 Å². The number of nitrogens with zero attached hydrogens (tertiary/aromatic N) is 1. The average molecular weight is 318 g/mol. The SMILES string of the molecule is COc1cc(OC)c(C=NNC(N)=S)cc1Br. The summed E-state index contributed by atoms with van der Waals surface area (Å²) in [6.07, 6.45) is 1.56. The summed E-state index contributed by atoms with van der Waals surface area (Å²) < 4.78 is 11.2. The number of hydrazone groups is 1. The van der Waals surface area contributed by atoms with Crippen LogP contribution in [0, 0.1) is 0 Å². The van der Waals surface area contributed by atoms with Crippen LogP contribution in [0.2, 0.25) is 0 Å². The summed E-state index contributed by atoms with van der Waals surface area (Å²) in [5.41, 5.74) is 8.49. The first-order chi connectivity index (χ1) is 8.08. The Kier molecular flexibility index (Phi) is 5.17. The van der Waals surface area contributed by atoms with Crippen molar-refractivity contribution in [3.05, 3.63) is 22.2 Å². The molecule has 0 saturated heterocycles. The average Bonchev–Trinajstić information content (AvgIpc) is 2.29. The predicted octanol–water partition coefficient (Wildman–Crippen LogP) is 1.63. The highest BCUT2D eigenvalue weighted by molar-refractivity contribution is 9.10. The lowest BCUT2D eigenvalue weighted by Crippen LogP contribution is -2.24. The predicted molar refractivity (Wildman–Crippen MR) is 74.8 cm³/mol. The minimum Gasteiger partial charge on any atom is -0.496 e. The van der Waals surface area contributed by atoms with Crippen LogP contribution in [0.1, 0.15) is 5.56 Å². The molecule has 0 heterocycles. The largest absolute Gasteiger partial charge is 0.496 e. The van der Waals surface area contributed by atoms with E-state index in [-0.39, 0.29) is 5.11 Å². The summed E-state index contributed by atoms with van der Waals surface area (Å²) in [7, 11) is 3.16. The molecule has 92 valence electrons. The van der Waals surface area contributed by atoms with E-state index in [0.717, 1.165) is 10.0 Å². The molecule has 0 bridgehead atoms. The fourth-order valence-electron chi connectivity index (χ4n) is 1.15. The molecule has 17 heavy (non-hydrogen) atoms. The lowest BCUT2D eigenvalue weighted by atomic mass is 10.2. The normalized spacial score (nSPS) is 10.3. The van der Waals surface area contributed by atoms with E-state index in [1.807, 2.05) is 6.07 Å². The molecule has 0 amide bonds. The number of thiocarbonyl (C=S) groups is 1. The van der Waals surface area contributed by atoms with Crippen LogP contribution in [0.25, 0.3) is 0 Å². The van der Waals surface area contributed by atoms with Gasteiger partial charge in [-0.3, -0.25) is 5.43 Å². The van der Waals surface area contributed by atoms with Gasteiger partial charge in [0, 0.05) is 11.6 Å². The van der Waals surface area contributed by atoms with Crippen molar-refractivity contribution in [1.82, 2.24) is 5.43 Å². The maximum atomic E-state index is 5.25. The third kappa shape index (κ3) is 3.86. The lowest BCUT2D eigenvalue weighted by Gasteiger charge is -2.09. The summed E-state index contributed by atoms with van der Waals surface area (Å²) in [5.74, 6) is 1.32. The van der Waals surface area contributed by atoms with Crippen LogP contribution < -0.4 is 20.6 Å². The van der Waals surface area contributed by atoms with Gasteiger partial charge in [0.25, 0.3) is 0 Å². The molecule has 0 aliphatic carbocycles. The van der Waals surface area contributed by atoms with Gasteiger partial charge < -0.3 is 15.2 Å². The summed E-state index contributed by atoms with van der Waals surface area (Å²) in [4.78, 5) is 0. The fourth-order valence-corrected chi connectivity index (χ4v) is 1.73. The molecule has 0 aliphatic rings. The van der Waals surface area contributed by atoms with Gasteiger partial charge in [0.05, 0.1) is 24.9 Å². The van der Waals surface area contributed by atoms with E-state index in [0.29, 0.717) is 11.5 Å². The van der Waals surface area contributed by atoms with Crippen molar-refractivity contribution in [2.45, 2.75) is 0 Å².